The maximum atomic E-state index is 13.0. The summed E-state index contributed by atoms with van der Waals surface area (Å²) < 4.78 is 0. The van der Waals surface area contributed by atoms with Gasteiger partial charge in [-0.3, -0.25) is 4.79 Å². The highest BCUT2D eigenvalue weighted by Crippen LogP contribution is 2.37. The van der Waals surface area contributed by atoms with Crippen molar-refractivity contribution in [2.45, 2.75) is 25.4 Å². The van der Waals surface area contributed by atoms with Gasteiger partial charge in [0.15, 0.2) is 0 Å². The third kappa shape index (κ3) is 3.57. The number of amides is 3. The minimum atomic E-state index is -0.730. The van der Waals surface area contributed by atoms with E-state index in [-0.39, 0.29) is 11.9 Å². The quantitative estimate of drug-likeness (QED) is 0.855. The second kappa shape index (κ2) is 6.94. The van der Waals surface area contributed by atoms with Crippen LogP contribution < -0.4 is 16.0 Å². The summed E-state index contributed by atoms with van der Waals surface area (Å²) in [5, 5.41) is 3.65. The highest BCUT2D eigenvalue weighted by molar-refractivity contribution is 6.31. The maximum Gasteiger partial charge on any atom is 0.312 e. The molecule has 0 aromatic heterocycles. The predicted molar refractivity (Wildman–Crippen MR) is 99.0 cm³/mol. The van der Waals surface area contributed by atoms with Crippen molar-refractivity contribution in [2.75, 3.05) is 4.90 Å². The molecular weight excluding hydrogens is 361 g/mol. The lowest BCUT2D eigenvalue weighted by Gasteiger charge is -2.38. The third-order valence-electron chi connectivity index (χ3n) is 4.30. The molecule has 0 bridgehead atoms. The summed E-state index contributed by atoms with van der Waals surface area (Å²) in [5.74, 6) is -0.235. The van der Waals surface area contributed by atoms with E-state index in [1.165, 1.54) is 0 Å². The Balaban J connectivity index is 2.06. The standard InChI is InChI=1S/C18H17Cl2N3O2/c1-10(11-3-2-4-13(19)7-11)23-16-9-14(20)6-5-12(16)8-15(17(23)24)22-18(21)25/h2-7,9-10,15H,8H2,1H3,(H3,21,22,25)/t10-,15+/m0/s1. The van der Waals surface area contributed by atoms with Crippen molar-refractivity contribution in [3.63, 3.8) is 0 Å². The van der Waals surface area contributed by atoms with Crippen molar-refractivity contribution < 1.29 is 9.59 Å². The first-order valence-electron chi connectivity index (χ1n) is 7.79. The fourth-order valence-electron chi connectivity index (χ4n) is 3.13. The van der Waals surface area contributed by atoms with E-state index >= 15 is 0 Å². The number of fused-ring (bicyclic) bond motifs is 1. The first-order chi connectivity index (χ1) is 11.9. The second-order valence-corrected chi connectivity index (χ2v) is 6.85. The lowest BCUT2D eigenvalue weighted by Crippen LogP contribution is -2.54. The molecule has 0 saturated carbocycles. The van der Waals surface area contributed by atoms with Gasteiger partial charge in [0.2, 0.25) is 0 Å². The fraction of sp³-hybridized carbons (Fsp3) is 0.222. The SMILES string of the molecule is C[C@@H](c1cccc(Cl)c1)N1C(=O)[C@H](NC(N)=O)Cc2ccc(Cl)cc21. The van der Waals surface area contributed by atoms with Crippen LogP contribution in [0.2, 0.25) is 10.0 Å². The molecule has 130 valence electrons. The molecule has 3 rings (SSSR count). The van der Waals surface area contributed by atoms with Gasteiger partial charge < -0.3 is 16.0 Å². The summed E-state index contributed by atoms with van der Waals surface area (Å²) in [4.78, 5) is 25.9. The first-order valence-corrected chi connectivity index (χ1v) is 8.55. The van der Waals surface area contributed by atoms with Crippen LogP contribution in [0.25, 0.3) is 0 Å². The Morgan fingerprint density at radius 3 is 2.64 bits per heavy atom. The number of nitrogens with one attached hydrogen (secondary N) is 1. The molecule has 1 heterocycles. The summed E-state index contributed by atoms with van der Waals surface area (Å²) in [6, 6.07) is 11.0. The van der Waals surface area contributed by atoms with Gasteiger partial charge in [-0.25, -0.2) is 4.79 Å². The maximum absolute atomic E-state index is 13.0. The van der Waals surface area contributed by atoms with E-state index in [0.717, 1.165) is 16.8 Å². The van der Waals surface area contributed by atoms with E-state index < -0.39 is 12.1 Å². The molecule has 3 amide bonds. The van der Waals surface area contributed by atoms with Gasteiger partial charge in [-0.1, -0.05) is 41.4 Å². The molecule has 1 aliphatic heterocycles. The van der Waals surface area contributed by atoms with Crippen LogP contribution in [0.3, 0.4) is 0 Å². The van der Waals surface area contributed by atoms with Crippen LogP contribution in [0, 0.1) is 0 Å². The number of anilines is 1. The molecule has 0 unspecified atom stereocenters. The van der Waals surface area contributed by atoms with Crippen molar-refractivity contribution in [3.05, 3.63) is 63.6 Å². The summed E-state index contributed by atoms with van der Waals surface area (Å²) in [6.07, 6.45) is 0.368. The molecule has 0 fully saturated rings. The number of carbonyl (C=O) groups excluding carboxylic acids is 2. The summed E-state index contributed by atoms with van der Waals surface area (Å²) in [7, 11) is 0. The number of hydrogen-bond donors (Lipinski definition) is 2. The Morgan fingerprint density at radius 1 is 1.24 bits per heavy atom. The van der Waals surface area contributed by atoms with Gasteiger partial charge in [0, 0.05) is 22.2 Å². The molecule has 1 aliphatic rings. The number of carbonyl (C=O) groups is 2. The minimum Gasteiger partial charge on any atom is -0.352 e. The van der Waals surface area contributed by atoms with Gasteiger partial charge in [0.05, 0.1) is 6.04 Å². The average molecular weight is 378 g/mol. The number of nitrogens with two attached hydrogens (primary N) is 1. The van der Waals surface area contributed by atoms with E-state index in [1.54, 1.807) is 23.1 Å². The van der Waals surface area contributed by atoms with Gasteiger partial charge >= 0.3 is 6.03 Å². The summed E-state index contributed by atoms with van der Waals surface area (Å²) in [5.41, 5.74) is 7.75. The van der Waals surface area contributed by atoms with Gasteiger partial charge in [-0.2, -0.15) is 0 Å². The molecule has 0 spiro atoms. The summed E-state index contributed by atoms with van der Waals surface area (Å²) in [6.45, 7) is 1.90. The highest BCUT2D eigenvalue weighted by atomic mass is 35.5. The highest BCUT2D eigenvalue weighted by Gasteiger charge is 2.36. The summed E-state index contributed by atoms with van der Waals surface area (Å²) >= 11 is 12.2. The fourth-order valence-corrected chi connectivity index (χ4v) is 3.49. The van der Waals surface area contributed by atoms with E-state index in [0.29, 0.717) is 16.5 Å². The average Bonchev–Trinajstić information content (AvgIpc) is 2.55. The second-order valence-electron chi connectivity index (χ2n) is 5.98. The molecule has 2 aromatic carbocycles. The molecule has 5 nitrogen and oxygen atoms in total. The van der Waals surface area contributed by atoms with Gasteiger partial charge in [-0.15, -0.1) is 0 Å². The number of benzene rings is 2. The molecular formula is C18H17Cl2N3O2. The van der Waals surface area contributed by atoms with Crippen LogP contribution in [-0.4, -0.2) is 18.0 Å². The number of halogens is 2. The third-order valence-corrected chi connectivity index (χ3v) is 4.77. The van der Waals surface area contributed by atoms with E-state index in [9.17, 15) is 9.59 Å². The van der Waals surface area contributed by atoms with Crippen LogP contribution in [-0.2, 0) is 11.2 Å². The minimum absolute atomic E-state index is 0.235. The lowest BCUT2D eigenvalue weighted by atomic mass is 9.94. The van der Waals surface area contributed by atoms with Crippen LogP contribution >= 0.6 is 23.2 Å². The molecule has 0 aliphatic carbocycles. The Labute approximate surface area is 155 Å². The van der Waals surface area contributed by atoms with Crippen molar-refractivity contribution >= 4 is 40.8 Å². The largest absolute Gasteiger partial charge is 0.352 e. The number of primary amides is 1. The molecule has 25 heavy (non-hydrogen) atoms. The topological polar surface area (TPSA) is 75.4 Å². The zero-order chi connectivity index (χ0) is 18.1. The Hall–Kier alpha value is -2.24. The van der Waals surface area contributed by atoms with Gasteiger partial charge in [-0.05, 0) is 42.3 Å². The molecule has 3 N–H and O–H groups in total. The number of rotatable bonds is 3. The van der Waals surface area contributed by atoms with Crippen molar-refractivity contribution in [1.82, 2.24) is 5.32 Å². The normalized spacial score (nSPS) is 17.8. The zero-order valence-electron chi connectivity index (χ0n) is 13.5. The van der Waals surface area contributed by atoms with Crippen molar-refractivity contribution in [3.8, 4) is 0 Å². The number of hydrogen-bond acceptors (Lipinski definition) is 2. The molecule has 2 atom stereocenters. The Bertz CT molecular complexity index is 841. The van der Waals surface area contributed by atoms with Crippen LogP contribution in [0.4, 0.5) is 10.5 Å². The predicted octanol–water partition coefficient (Wildman–Crippen LogP) is 3.68. The first kappa shape index (κ1) is 17.6. The molecule has 0 saturated heterocycles. The molecule has 2 aromatic rings. The van der Waals surface area contributed by atoms with E-state index in [4.69, 9.17) is 28.9 Å². The van der Waals surface area contributed by atoms with E-state index in [1.807, 2.05) is 31.2 Å². The van der Waals surface area contributed by atoms with Gasteiger partial charge in [0.1, 0.15) is 6.04 Å². The monoisotopic (exact) mass is 377 g/mol. The van der Waals surface area contributed by atoms with Crippen LogP contribution in [0.1, 0.15) is 24.1 Å². The smallest absolute Gasteiger partial charge is 0.312 e. The van der Waals surface area contributed by atoms with E-state index in [2.05, 4.69) is 5.32 Å². The molecule has 0 radical (unpaired) electrons. The van der Waals surface area contributed by atoms with Crippen LogP contribution in [0.5, 0.6) is 0 Å². The van der Waals surface area contributed by atoms with Gasteiger partial charge in [0.25, 0.3) is 5.91 Å². The van der Waals surface area contributed by atoms with Crippen LogP contribution in [0.15, 0.2) is 42.5 Å². The number of urea groups is 1. The molecule has 7 heteroatoms. The lowest BCUT2D eigenvalue weighted by molar-refractivity contribution is -0.121. The van der Waals surface area contributed by atoms with Crippen molar-refractivity contribution in [2.24, 2.45) is 5.73 Å². The Morgan fingerprint density at radius 2 is 1.96 bits per heavy atom. The zero-order valence-corrected chi connectivity index (χ0v) is 15.0. The van der Waals surface area contributed by atoms with Crippen molar-refractivity contribution in [1.29, 1.82) is 0 Å². The number of nitrogens with zero attached hydrogens (tertiary/aromatic N) is 1. The Kier molecular flexibility index (Phi) is 4.88.